The van der Waals surface area contributed by atoms with Gasteiger partial charge in [-0.1, -0.05) is 67.6 Å². The minimum Gasteiger partial charge on any atom is -0.293 e. The van der Waals surface area contributed by atoms with E-state index >= 15 is 0 Å². The Labute approximate surface area is 178 Å². The maximum Gasteiger partial charge on any atom is 0.179 e. The third kappa shape index (κ3) is 3.95. The van der Waals surface area contributed by atoms with Crippen LogP contribution in [0.25, 0.3) is 0 Å². The fourth-order valence-corrected chi connectivity index (χ4v) is 4.89. The zero-order valence-corrected chi connectivity index (χ0v) is 17.4. The molecule has 0 radical (unpaired) electrons. The van der Waals surface area contributed by atoms with Gasteiger partial charge in [0.05, 0.1) is 6.04 Å². The van der Waals surface area contributed by atoms with Gasteiger partial charge in [-0.2, -0.15) is 0 Å². The van der Waals surface area contributed by atoms with Gasteiger partial charge in [-0.25, -0.2) is 4.39 Å². The lowest BCUT2D eigenvalue weighted by atomic mass is 9.68. The monoisotopic (exact) mass is 401 g/mol. The molecule has 0 saturated carbocycles. The van der Waals surface area contributed by atoms with E-state index in [1.165, 1.54) is 23.3 Å². The predicted molar refractivity (Wildman–Crippen MR) is 119 cm³/mol. The molecule has 4 rings (SSSR count). The third-order valence-electron chi connectivity index (χ3n) is 6.56. The first-order valence-electron chi connectivity index (χ1n) is 10.8. The van der Waals surface area contributed by atoms with Crippen LogP contribution in [0, 0.1) is 5.82 Å². The van der Waals surface area contributed by atoms with Gasteiger partial charge < -0.3 is 0 Å². The second-order valence-corrected chi connectivity index (χ2v) is 8.15. The predicted octanol–water partition coefficient (Wildman–Crippen LogP) is 5.87. The van der Waals surface area contributed by atoms with Crippen LogP contribution in [0.15, 0.2) is 84.9 Å². The molecule has 0 bridgehead atoms. The maximum absolute atomic E-state index is 13.3. The molecule has 3 heteroatoms. The van der Waals surface area contributed by atoms with Gasteiger partial charge in [-0.05, 0) is 54.7 Å². The van der Waals surface area contributed by atoms with Gasteiger partial charge >= 0.3 is 0 Å². The fraction of sp³-hybridized carbons (Fsp3) is 0.296. The van der Waals surface area contributed by atoms with Crippen LogP contribution >= 0.6 is 0 Å². The molecule has 3 aromatic rings. The summed E-state index contributed by atoms with van der Waals surface area (Å²) in [5.74, 6) is -0.225. The van der Waals surface area contributed by atoms with E-state index in [-0.39, 0.29) is 23.1 Å². The number of Topliss-reactive ketones (excluding diaryl/α,β-unsaturated/α-hetero) is 1. The maximum atomic E-state index is 13.3. The Morgan fingerprint density at radius 2 is 1.37 bits per heavy atom. The molecule has 1 heterocycles. The van der Waals surface area contributed by atoms with Crippen LogP contribution in [-0.2, 0) is 5.41 Å². The Balaban J connectivity index is 1.58. The van der Waals surface area contributed by atoms with Crippen molar-refractivity contribution in [3.8, 4) is 0 Å². The summed E-state index contributed by atoms with van der Waals surface area (Å²) < 4.78 is 13.3. The molecule has 1 fully saturated rings. The van der Waals surface area contributed by atoms with Gasteiger partial charge in [0.1, 0.15) is 5.82 Å². The lowest BCUT2D eigenvalue weighted by Crippen LogP contribution is -2.49. The topological polar surface area (TPSA) is 20.3 Å². The normalized spacial score (nSPS) is 17.4. The highest BCUT2D eigenvalue weighted by atomic mass is 19.1. The van der Waals surface area contributed by atoms with E-state index in [4.69, 9.17) is 0 Å². The molecule has 1 unspecified atom stereocenters. The molecule has 154 valence electrons. The highest BCUT2D eigenvalue weighted by Gasteiger charge is 2.40. The average Bonchev–Trinajstić information content (AvgIpc) is 2.81. The first-order chi connectivity index (χ1) is 14.6. The van der Waals surface area contributed by atoms with Crippen molar-refractivity contribution in [1.82, 2.24) is 4.90 Å². The molecule has 30 heavy (non-hydrogen) atoms. The fourth-order valence-electron chi connectivity index (χ4n) is 4.89. The Morgan fingerprint density at radius 1 is 0.867 bits per heavy atom. The number of hydrogen-bond donors (Lipinski definition) is 0. The highest BCUT2D eigenvalue weighted by molar-refractivity contribution is 6.00. The lowest BCUT2D eigenvalue weighted by Gasteiger charge is -2.45. The second kappa shape index (κ2) is 8.93. The number of ketones is 1. The van der Waals surface area contributed by atoms with E-state index in [1.54, 1.807) is 12.1 Å². The molecule has 0 aromatic heterocycles. The number of nitrogens with zero attached hydrogens (tertiary/aromatic N) is 1. The minimum absolute atomic E-state index is 0.0315. The van der Waals surface area contributed by atoms with E-state index in [0.717, 1.165) is 32.4 Å². The van der Waals surface area contributed by atoms with Crippen molar-refractivity contribution in [2.45, 2.75) is 37.6 Å². The summed E-state index contributed by atoms with van der Waals surface area (Å²) in [6.07, 6.45) is 2.68. The van der Waals surface area contributed by atoms with Gasteiger partial charge in [0.15, 0.2) is 5.78 Å². The van der Waals surface area contributed by atoms with Crippen molar-refractivity contribution < 1.29 is 9.18 Å². The van der Waals surface area contributed by atoms with Crippen molar-refractivity contribution in [2.75, 3.05) is 13.1 Å². The molecule has 0 N–H and O–H groups in total. The Bertz CT molecular complexity index is 919. The largest absolute Gasteiger partial charge is 0.293 e. The molecule has 1 aliphatic heterocycles. The summed E-state index contributed by atoms with van der Waals surface area (Å²) in [5, 5.41) is 0. The van der Waals surface area contributed by atoms with E-state index in [2.05, 4.69) is 72.5 Å². The number of benzene rings is 3. The molecule has 2 nitrogen and oxygen atoms in total. The Morgan fingerprint density at radius 3 is 1.83 bits per heavy atom. The number of rotatable bonds is 6. The molecular weight excluding hydrogens is 373 g/mol. The van der Waals surface area contributed by atoms with E-state index < -0.39 is 0 Å². The van der Waals surface area contributed by atoms with Crippen LogP contribution < -0.4 is 0 Å². The molecule has 0 aliphatic carbocycles. The number of likely N-dealkylation sites (tertiary alicyclic amines) is 1. The van der Waals surface area contributed by atoms with Gasteiger partial charge in [-0.15, -0.1) is 0 Å². The van der Waals surface area contributed by atoms with Crippen LogP contribution in [0.3, 0.4) is 0 Å². The lowest BCUT2D eigenvalue weighted by molar-refractivity contribution is 0.0727. The van der Waals surface area contributed by atoms with Crippen molar-refractivity contribution in [2.24, 2.45) is 0 Å². The average molecular weight is 402 g/mol. The zero-order chi connectivity index (χ0) is 21.0. The van der Waals surface area contributed by atoms with Crippen LogP contribution in [0.4, 0.5) is 4.39 Å². The quantitative estimate of drug-likeness (QED) is 0.482. The number of halogens is 1. The molecule has 3 aromatic carbocycles. The highest BCUT2D eigenvalue weighted by Crippen LogP contribution is 2.42. The first kappa shape index (κ1) is 20.5. The zero-order valence-electron chi connectivity index (χ0n) is 17.4. The number of hydrogen-bond acceptors (Lipinski definition) is 2. The SMILES string of the molecule is CCC(C(=O)c1ccc(F)cc1)N1CCC(c2ccccc2)(c2ccccc2)CC1. The summed E-state index contributed by atoms with van der Waals surface area (Å²) in [5.41, 5.74) is 3.24. The summed E-state index contributed by atoms with van der Waals surface area (Å²) in [4.78, 5) is 15.4. The molecule has 0 spiro atoms. The van der Waals surface area contributed by atoms with E-state index in [1.807, 2.05) is 0 Å². The molecule has 1 saturated heterocycles. The third-order valence-corrected chi connectivity index (χ3v) is 6.56. The van der Waals surface area contributed by atoms with Gasteiger partial charge in [0, 0.05) is 24.1 Å². The minimum atomic E-state index is -0.312. The van der Waals surface area contributed by atoms with E-state index in [0.29, 0.717) is 5.56 Å². The molecule has 1 atom stereocenters. The van der Waals surface area contributed by atoms with Crippen molar-refractivity contribution in [1.29, 1.82) is 0 Å². The smallest absolute Gasteiger partial charge is 0.179 e. The summed E-state index contributed by atoms with van der Waals surface area (Å²) >= 11 is 0. The number of carbonyl (C=O) groups is 1. The standard InChI is InChI=1S/C27H28FNO/c1-2-25(26(30)21-13-15-24(28)16-14-21)29-19-17-27(18-20-29,22-9-5-3-6-10-22)23-11-7-4-8-12-23/h3-16,25H,2,17-20H2,1H3. The van der Waals surface area contributed by atoms with Gasteiger partial charge in [-0.3, -0.25) is 9.69 Å². The summed E-state index contributed by atoms with van der Waals surface area (Å²) in [7, 11) is 0. The summed E-state index contributed by atoms with van der Waals surface area (Å²) in [6.45, 7) is 3.77. The van der Waals surface area contributed by atoms with Crippen molar-refractivity contribution in [3.05, 3.63) is 107 Å². The molecule has 1 aliphatic rings. The second-order valence-electron chi connectivity index (χ2n) is 8.15. The van der Waals surface area contributed by atoms with Crippen LogP contribution in [0.5, 0.6) is 0 Å². The van der Waals surface area contributed by atoms with Crippen LogP contribution in [0.1, 0.15) is 47.7 Å². The van der Waals surface area contributed by atoms with E-state index in [9.17, 15) is 9.18 Å². The van der Waals surface area contributed by atoms with Gasteiger partial charge in [0.25, 0.3) is 0 Å². The van der Waals surface area contributed by atoms with Crippen LogP contribution in [-0.4, -0.2) is 29.8 Å². The Hall–Kier alpha value is -2.78. The summed E-state index contributed by atoms with van der Waals surface area (Å²) in [6, 6.07) is 27.2. The number of carbonyl (C=O) groups excluding carboxylic acids is 1. The molecule has 0 amide bonds. The van der Waals surface area contributed by atoms with Gasteiger partial charge in [0.2, 0.25) is 0 Å². The first-order valence-corrected chi connectivity index (χ1v) is 10.8. The van der Waals surface area contributed by atoms with Crippen molar-refractivity contribution >= 4 is 5.78 Å². The number of piperidine rings is 1. The Kier molecular flexibility index (Phi) is 6.10. The molecular formula is C27H28FNO. The van der Waals surface area contributed by atoms with Crippen LogP contribution in [0.2, 0.25) is 0 Å². The van der Waals surface area contributed by atoms with Crippen molar-refractivity contribution in [3.63, 3.8) is 0 Å².